The smallest absolute Gasteiger partial charge is 0.264 e. The van der Waals surface area contributed by atoms with Crippen LogP contribution in [0.25, 0.3) is 0 Å². The van der Waals surface area contributed by atoms with Crippen LogP contribution in [0.4, 0.5) is 5.82 Å². The van der Waals surface area contributed by atoms with Gasteiger partial charge in [0.25, 0.3) is 5.91 Å². The minimum Gasteiger partial charge on any atom is -0.304 e. The minimum absolute atomic E-state index is 0.138. The van der Waals surface area contributed by atoms with Crippen molar-refractivity contribution in [2.45, 2.75) is 11.8 Å². The number of hydrogen-bond acceptors (Lipinski definition) is 6. The van der Waals surface area contributed by atoms with Crippen LogP contribution in [0.1, 0.15) is 6.92 Å². The molecule has 0 atom stereocenters. The monoisotopic (exact) mass is 339 g/mol. The molecular weight excluding hydrogens is 318 g/mol. The van der Waals surface area contributed by atoms with Crippen LogP contribution in [0.3, 0.4) is 0 Å². The molecule has 0 bridgehead atoms. The van der Waals surface area contributed by atoms with Gasteiger partial charge >= 0.3 is 0 Å². The van der Waals surface area contributed by atoms with E-state index in [1.807, 2.05) is 7.05 Å². The number of anilines is 1. The van der Waals surface area contributed by atoms with Gasteiger partial charge in [-0.3, -0.25) is 15.6 Å². The molecule has 1 saturated heterocycles. The lowest BCUT2D eigenvalue weighted by Crippen LogP contribution is -2.47. The molecule has 9 heteroatoms. The fourth-order valence-electron chi connectivity index (χ4n) is 2.01. The average molecular weight is 339 g/mol. The molecule has 0 unspecified atom stereocenters. The lowest BCUT2D eigenvalue weighted by atomic mass is 10.3. The summed E-state index contributed by atoms with van der Waals surface area (Å²) in [5.41, 5.74) is 5.37. The van der Waals surface area contributed by atoms with E-state index in [-0.39, 0.29) is 10.8 Å². The fourth-order valence-corrected chi connectivity index (χ4v) is 3.38. The van der Waals surface area contributed by atoms with Gasteiger partial charge in [0, 0.05) is 37.9 Å². The van der Waals surface area contributed by atoms with E-state index in [0.717, 1.165) is 0 Å². The summed E-state index contributed by atoms with van der Waals surface area (Å²) in [6.45, 7) is 7.44. The first-order valence-corrected chi connectivity index (χ1v) is 8.61. The first kappa shape index (κ1) is 17.4. The summed E-state index contributed by atoms with van der Waals surface area (Å²) < 4.78 is 26.5. The van der Waals surface area contributed by atoms with Crippen molar-refractivity contribution >= 4 is 21.7 Å². The highest BCUT2D eigenvalue weighted by Crippen LogP contribution is 2.17. The highest BCUT2D eigenvalue weighted by Gasteiger charge is 2.27. The summed E-state index contributed by atoms with van der Waals surface area (Å²) in [5.74, 6) is -0.0159. The Balaban J connectivity index is 2.03. The number of pyridine rings is 1. The maximum absolute atomic E-state index is 12.5. The first-order valence-electron chi connectivity index (χ1n) is 7.17. The quantitative estimate of drug-likeness (QED) is 0.581. The minimum atomic E-state index is -3.53. The number of hydrazine groups is 1. The third-order valence-electron chi connectivity index (χ3n) is 3.53. The SMILES string of the molecule is C=C(C)C(=O)NNc1ccc(S(=O)(=O)N2CCN(C)CC2)cn1. The Morgan fingerprint density at radius 3 is 2.43 bits per heavy atom. The predicted molar refractivity (Wildman–Crippen MR) is 87.1 cm³/mol. The summed E-state index contributed by atoms with van der Waals surface area (Å²) in [4.78, 5) is 17.6. The summed E-state index contributed by atoms with van der Waals surface area (Å²) >= 11 is 0. The third kappa shape index (κ3) is 4.27. The number of likely N-dealkylation sites (N-methyl/N-ethyl adjacent to an activating group) is 1. The van der Waals surface area contributed by atoms with Gasteiger partial charge in [-0.1, -0.05) is 6.58 Å². The normalized spacial score (nSPS) is 16.8. The number of amides is 1. The molecule has 8 nitrogen and oxygen atoms in total. The van der Waals surface area contributed by atoms with Crippen molar-refractivity contribution < 1.29 is 13.2 Å². The van der Waals surface area contributed by atoms with Gasteiger partial charge in [-0.05, 0) is 26.1 Å². The van der Waals surface area contributed by atoms with Crippen molar-refractivity contribution in [3.8, 4) is 0 Å². The van der Waals surface area contributed by atoms with E-state index in [2.05, 4.69) is 27.3 Å². The van der Waals surface area contributed by atoms with Crippen molar-refractivity contribution in [1.29, 1.82) is 0 Å². The van der Waals surface area contributed by atoms with Crippen LogP contribution in [-0.2, 0) is 14.8 Å². The Morgan fingerprint density at radius 1 is 1.26 bits per heavy atom. The molecule has 0 radical (unpaired) electrons. The second kappa shape index (κ2) is 7.07. The zero-order chi connectivity index (χ0) is 17.0. The number of sulfonamides is 1. The summed E-state index contributed by atoms with van der Waals surface area (Å²) in [6, 6.07) is 2.97. The van der Waals surface area contributed by atoms with Crippen LogP contribution >= 0.6 is 0 Å². The second-order valence-electron chi connectivity index (χ2n) is 5.45. The number of piperazine rings is 1. The number of rotatable bonds is 5. The van der Waals surface area contributed by atoms with Crippen LogP contribution in [0.15, 0.2) is 35.4 Å². The molecule has 0 aromatic carbocycles. The molecule has 0 spiro atoms. The Labute approximate surface area is 136 Å². The topological polar surface area (TPSA) is 94.6 Å². The standard InChI is InChI=1S/C14H21N5O3S/c1-11(2)14(20)17-16-13-5-4-12(10-15-13)23(21,22)19-8-6-18(3)7-9-19/h4-5,10H,1,6-9H2,2-3H3,(H,15,16)(H,17,20). The molecule has 0 saturated carbocycles. The maximum atomic E-state index is 12.5. The van der Waals surface area contributed by atoms with Gasteiger partial charge in [0.05, 0.1) is 0 Å². The second-order valence-corrected chi connectivity index (χ2v) is 7.38. The molecule has 0 aliphatic carbocycles. The number of carbonyl (C=O) groups excluding carboxylic acids is 1. The summed E-state index contributed by atoms with van der Waals surface area (Å²) in [5, 5.41) is 0. The Hall–Kier alpha value is -1.97. The molecule has 1 aromatic heterocycles. The van der Waals surface area contributed by atoms with Crippen molar-refractivity contribution in [2.24, 2.45) is 0 Å². The van der Waals surface area contributed by atoms with Gasteiger partial charge in [0.15, 0.2) is 0 Å². The molecule has 2 heterocycles. The average Bonchev–Trinajstić information content (AvgIpc) is 2.53. The van der Waals surface area contributed by atoms with Crippen LogP contribution in [0.5, 0.6) is 0 Å². The number of aromatic nitrogens is 1. The van der Waals surface area contributed by atoms with Gasteiger partial charge < -0.3 is 4.90 Å². The number of hydrogen-bond donors (Lipinski definition) is 2. The van der Waals surface area contributed by atoms with Gasteiger partial charge in [0.1, 0.15) is 10.7 Å². The van der Waals surface area contributed by atoms with E-state index >= 15 is 0 Å². The summed E-state index contributed by atoms with van der Waals surface area (Å²) in [7, 11) is -1.57. The van der Waals surface area contributed by atoms with Crippen LogP contribution in [0, 0.1) is 0 Å². The van der Waals surface area contributed by atoms with Gasteiger partial charge in [0.2, 0.25) is 10.0 Å². The largest absolute Gasteiger partial charge is 0.304 e. The Morgan fingerprint density at radius 2 is 1.91 bits per heavy atom. The predicted octanol–water partition coefficient (Wildman–Crippen LogP) is 0.0369. The zero-order valence-corrected chi connectivity index (χ0v) is 14.1. The van der Waals surface area contributed by atoms with E-state index in [9.17, 15) is 13.2 Å². The lowest BCUT2D eigenvalue weighted by molar-refractivity contribution is -0.116. The first-order chi connectivity index (χ1) is 10.8. The summed E-state index contributed by atoms with van der Waals surface area (Å²) in [6.07, 6.45) is 1.28. The molecule has 1 aliphatic rings. The molecule has 1 aromatic rings. The van der Waals surface area contributed by atoms with E-state index in [1.165, 1.54) is 22.6 Å². The van der Waals surface area contributed by atoms with Crippen LogP contribution < -0.4 is 10.9 Å². The zero-order valence-electron chi connectivity index (χ0n) is 13.2. The number of carbonyl (C=O) groups is 1. The lowest BCUT2D eigenvalue weighted by Gasteiger charge is -2.31. The fraction of sp³-hybridized carbons (Fsp3) is 0.429. The highest BCUT2D eigenvalue weighted by molar-refractivity contribution is 7.89. The molecule has 1 aliphatic heterocycles. The van der Waals surface area contributed by atoms with Gasteiger partial charge in [-0.2, -0.15) is 4.31 Å². The van der Waals surface area contributed by atoms with Crippen molar-refractivity contribution in [1.82, 2.24) is 19.6 Å². The van der Waals surface area contributed by atoms with Crippen molar-refractivity contribution in [3.05, 3.63) is 30.5 Å². The van der Waals surface area contributed by atoms with Gasteiger partial charge in [-0.25, -0.2) is 13.4 Å². The van der Waals surface area contributed by atoms with Crippen molar-refractivity contribution in [3.63, 3.8) is 0 Å². The Bertz CT molecular complexity index is 679. The Kier molecular flexibility index (Phi) is 5.34. The molecular formula is C14H21N5O3S. The molecule has 126 valence electrons. The van der Waals surface area contributed by atoms with Crippen molar-refractivity contribution in [2.75, 3.05) is 38.7 Å². The van der Waals surface area contributed by atoms with E-state index in [1.54, 1.807) is 6.92 Å². The van der Waals surface area contributed by atoms with E-state index in [0.29, 0.717) is 37.6 Å². The van der Waals surface area contributed by atoms with Gasteiger partial charge in [-0.15, -0.1) is 0 Å². The van der Waals surface area contributed by atoms with E-state index < -0.39 is 10.0 Å². The number of nitrogens with zero attached hydrogens (tertiary/aromatic N) is 3. The molecule has 1 fully saturated rings. The number of nitrogens with one attached hydrogen (secondary N) is 2. The van der Waals surface area contributed by atoms with E-state index in [4.69, 9.17) is 0 Å². The molecule has 23 heavy (non-hydrogen) atoms. The molecule has 2 rings (SSSR count). The van der Waals surface area contributed by atoms with Crippen LogP contribution in [0.2, 0.25) is 0 Å². The molecule has 2 N–H and O–H groups in total. The molecule has 1 amide bonds. The van der Waals surface area contributed by atoms with Crippen LogP contribution in [-0.4, -0.2) is 61.7 Å². The third-order valence-corrected chi connectivity index (χ3v) is 5.41. The highest BCUT2D eigenvalue weighted by atomic mass is 32.2. The maximum Gasteiger partial charge on any atom is 0.264 e.